The maximum absolute atomic E-state index is 11.8. The van der Waals surface area contributed by atoms with Crippen LogP contribution in [-0.2, 0) is 0 Å². The Bertz CT molecular complexity index is 345. The van der Waals surface area contributed by atoms with Gasteiger partial charge in [0.25, 0.3) is 0 Å². The van der Waals surface area contributed by atoms with E-state index < -0.39 is 12.8 Å². The molecule has 0 fully saturated rings. The van der Waals surface area contributed by atoms with Gasteiger partial charge in [-0.1, -0.05) is 11.6 Å². The number of nitrogens with zero attached hydrogens (tertiary/aromatic N) is 1. The zero-order valence-corrected chi connectivity index (χ0v) is 7.97. The summed E-state index contributed by atoms with van der Waals surface area (Å²) in [5.41, 5.74) is 0. The van der Waals surface area contributed by atoms with Crippen LogP contribution in [0.2, 0.25) is 5.02 Å². The van der Waals surface area contributed by atoms with Crippen molar-refractivity contribution in [3.63, 3.8) is 0 Å². The number of ether oxygens (including phenoxy) is 1. The minimum Gasteiger partial charge on any atom is -0.467 e. The van der Waals surface area contributed by atoms with Crippen LogP contribution >= 0.6 is 11.6 Å². The topological polar surface area (TPSA) is 57.4 Å². The van der Waals surface area contributed by atoms with Gasteiger partial charge in [0, 0.05) is 6.07 Å². The van der Waals surface area contributed by atoms with Gasteiger partial charge >= 0.3 is 6.18 Å². The average Bonchev–Trinajstić information content (AvgIpc) is 2.14. The van der Waals surface area contributed by atoms with E-state index in [-0.39, 0.29) is 16.7 Å². The van der Waals surface area contributed by atoms with Crippen molar-refractivity contribution in [3.05, 3.63) is 17.3 Å². The highest BCUT2D eigenvalue weighted by atomic mass is 35.5. The van der Waals surface area contributed by atoms with E-state index >= 15 is 0 Å². The lowest BCUT2D eigenvalue weighted by Gasteiger charge is -2.09. The molecule has 0 radical (unpaired) electrons. The van der Waals surface area contributed by atoms with Gasteiger partial charge in [0.05, 0.1) is 6.20 Å². The van der Waals surface area contributed by atoms with Crippen molar-refractivity contribution in [2.24, 2.45) is 5.90 Å². The molecule has 2 N–H and O–H groups in total. The Labute approximate surface area is 87.7 Å². The van der Waals surface area contributed by atoms with Crippen LogP contribution in [-0.4, -0.2) is 17.8 Å². The molecule has 0 aliphatic heterocycles. The number of hydrogen-bond acceptors (Lipinski definition) is 4. The first-order valence-electron chi connectivity index (χ1n) is 3.64. The van der Waals surface area contributed by atoms with Crippen molar-refractivity contribution in [2.75, 3.05) is 6.61 Å². The molecular formula is C7H6ClF3N2O2. The standard InChI is InChI=1S/C7H6ClF3N2O2/c8-5-1-4(15-12)2-13-6(5)14-3-7(9,10)11/h1-2H,3,12H2. The summed E-state index contributed by atoms with van der Waals surface area (Å²) in [4.78, 5) is 7.76. The van der Waals surface area contributed by atoms with Crippen LogP contribution in [0.5, 0.6) is 11.6 Å². The third kappa shape index (κ3) is 3.80. The fourth-order valence-electron chi connectivity index (χ4n) is 0.729. The van der Waals surface area contributed by atoms with Crippen LogP contribution in [0.1, 0.15) is 0 Å². The SMILES string of the molecule is NOc1cnc(OCC(F)(F)F)c(Cl)c1. The maximum atomic E-state index is 11.8. The van der Waals surface area contributed by atoms with Gasteiger partial charge in [-0.05, 0) is 0 Å². The molecule has 0 saturated heterocycles. The van der Waals surface area contributed by atoms with Crippen molar-refractivity contribution in [2.45, 2.75) is 6.18 Å². The molecule has 0 amide bonds. The molecule has 1 heterocycles. The molecule has 0 aromatic carbocycles. The number of rotatable bonds is 3. The molecule has 84 valence electrons. The van der Waals surface area contributed by atoms with Gasteiger partial charge in [-0.25, -0.2) is 4.98 Å². The third-order valence-corrected chi connectivity index (χ3v) is 1.56. The van der Waals surface area contributed by atoms with Gasteiger partial charge in [-0.3, -0.25) is 0 Å². The Morgan fingerprint density at radius 3 is 2.60 bits per heavy atom. The maximum Gasteiger partial charge on any atom is 0.422 e. The minimum absolute atomic E-state index is 0.109. The summed E-state index contributed by atoms with van der Waals surface area (Å²) >= 11 is 5.55. The highest BCUT2D eigenvalue weighted by molar-refractivity contribution is 6.31. The van der Waals surface area contributed by atoms with Crippen molar-refractivity contribution < 1.29 is 22.7 Å². The Balaban J connectivity index is 2.70. The molecule has 15 heavy (non-hydrogen) atoms. The van der Waals surface area contributed by atoms with E-state index in [4.69, 9.17) is 17.5 Å². The normalized spacial score (nSPS) is 11.3. The van der Waals surface area contributed by atoms with Crippen molar-refractivity contribution in [3.8, 4) is 11.6 Å². The molecule has 1 aromatic rings. The van der Waals surface area contributed by atoms with E-state index in [1.54, 1.807) is 0 Å². The predicted octanol–water partition coefficient (Wildman–Crippen LogP) is 1.93. The predicted molar refractivity (Wildman–Crippen MR) is 45.6 cm³/mol. The van der Waals surface area contributed by atoms with Crippen LogP contribution in [0.25, 0.3) is 0 Å². The largest absolute Gasteiger partial charge is 0.467 e. The third-order valence-electron chi connectivity index (χ3n) is 1.29. The molecule has 8 heteroatoms. The molecule has 0 bridgehead atoms. The summed E-state index contributed by atoms with van der Waals surface area (Å²) in [6.45, 7) is -1.46. The average molecular weight is 243 g/mol. The highest BCUT2D eigenvalue weighted by Crippen LogP contribution is 2.26. The van der Waals surface area contributed by atoms with E-state index in [0.29, 0.717) is 0 Å². The lowest BCUT2D eigenvalue weighted by molar-refractivity contribution is -0.154. The fraction of sp³-hybridized carbons (Fsp3) is 0.286. The van der Waals surface area contributed by atoms with Crippen LogP contribution in [0, 0.1) is 0 Å². The Kier molecular flexibility index (Phi) is 3.59. The number of pyridine rings is 1. The Morgan fingerprint density at radius 2 is 2.13 bits per heavy atom. The first-order valence-corrected chi connectivity index (χ1v) is 4.02. The zero-order valence-electron chi connectivity index (χ0n) is 7.21. The van der Waals surface area contributed by atoms with Gasteiger partial charge in [-0.2, -0.15) is 19.1 Å². The van der Waals surface area contributed by atoms with E-state index in [1.165, 1.54) is 6.07 Å². The number of nitrogens with two attached hydrogens (primary N) is 1. The van der Waals surface area contributed by atoms with Crippen LogP contribution in [0.15, 0.2) is 12.3 Å². The number of hydrogen-bond donors (Lipinski definition) is 1. The molecule has 0 aliphatic carbocycles. The second-order valence-electron chi connectivity index (χ2n) is 2.48. The van der Waals surface area contributed by atoms with E-state index in [0.717, 1.165) is 6.20 Å². The summed E-state index contributed by atoms with van der Waals surface area (Å²) in [6, 6.07) is 1.19. The van der Waals surface area contributed by atoms with Crippen LogP contribution in [0.4, 0.5) is 13.2 Å². The van der Waals surface area contributed by atoms with Crippen LogP contribution in [0.3, 0.4) is 0 Å². The highest BCUT2D eigenvalue weighted by Gasteiger charge is 2.29. The van der Waals surface area contributed by atoms with Gasteiger partial charge in [0.1, 0.15) is 5.02 Å². The monoisotopic (exact) mass is 242 g/mol. The van der Waals surface area contributed by atoms with Crippen molar-refractivity contribution in [1.82, 2.24) is 4.98 Å². The van der Waals surface area contributed by atoms with E-state index in [2.05, 4.69) is 14.6 Å². The first kappa shape index (κ1) is 11.9. The second-order valence-corrected chi connectivity index (χ2v) is 2.89. The number of alkyl halides is 3. The van der Waals surface area contributed by atoms with Gasteiger partial charge in [-0.15, -0.1) is 0 Å². The molecule has 0 saturated carbocycles. The summed E-state index contributed by atoms with van der Waals surface area (Å²) in [6.07, 6.45) is -3.34. The lowest BCUT2D eigenvalue weighted by atomic mass is 10.4. The quantitative estimate of drug-likeness (QED) is 0.823. The molecule has 0 unspecified atom stereocenters. The number of halogens is 4. The van der Waals surface area contributed by atoms with Crippen molar-refractivity contribution >= 4 is 11.6 Å². The van der Waals surface area contributed by atoms with E-state index in [9.17, 15) is 13.2 Å². The summed E-state index contributed by atoms with van der Waals surface area (Å²) in [7, 11) is 0. The molecule has 1 rings (SSSR count). The molecule has 4 nitrogen and oxygen atoms in total. The van der Waals surface area contributed by atoms with Gasteiger partial charge in [0.15, 0.2) is 12.4 Å². The fourth-order valence-corrected chi connectivity index (χ4v) is 0.940. The van der Waals surface area contributed by atoms with Gasteiger partial charge < -0.3 is 9.57 Å². The first-order chi connectivity index (χ1) is 6.92. The molecule has 1 aromatic heterocycles. The van der Waals surface area contributed by atoms with Crippen molar-refractivity contribution in [1.29, 1.82) is 0 Å². The van der Waals surface area contributed by atoms with E-state index in [1.807, 2.05) is 0 Å². The summed E-state index contributed by atoms with van der Waals surface area (Å²) < 4.78 is 39.7. The minimum atomic E-state index is -4.44. The van der Waals surface area contributed by atoms with Crippen LogP contribution < -0.4 is 15.5 Å². The molecular weight excluding hydrogens is 237 g/mol. The summed E-state index contributed by atoms with van der Waals surface area (Å²) in [5, 5.41) is -0.109. The summed E-state index contributed by atoms with van der Waals surface area (Å²) in [5.74, 6) is 4.59. The smallest absolute Gasteiger partial charge is 0.422 e. The molecule has 0 atom stereocenters. The Hall–Kier alpha value is -1.21. The molecule has 0 aliphatic rings. The molecule has 0 spiro atoms. The zero-order chi connectivity index (χ0) is 11.5. The number of aromatic nitrogens is 1. The second kappa shape index (κ2) is 4.54. The lowest BCUT2D eigenvalue weighted by Crippen LogP contribution is -2.19. The van der Waals surface area contributed by atoms with Gasteiger partial charge in [0.2, 0.25) is 5.88 Å². The Morgan fingerprint density at radius 1 is 1.47 bits per heavy atom.